The van der Waals surface area contributed by atoms with Crippen molar-refractivity contribution in [3.63, 3.8) is 0 Å². The number of carboxylic acids is 4. The first-order valence-corrected chi connectivity index (χ1v) is 4.55. The van der Waals surface area contributed by atoms with E-state index in [0.717, 1.165) is 0 Å². The van der Waals surface area contributed by atoms with Gasteiger partial charge in [-0.25, -0.2) is 9.59 Å². The van der Waals surface area contributed by atoms with E-state index in [0.29, 0.717) is 0 Å². The largest absolute Gasteiger partial charge is 0.490 e. The third-order valence-corrected chi connectivity index (χ3v) is 1.04. The van der Waals surface area contributed by atoms with Gasteiger partial charge in [0.1, 0.15) is 0 Å². The molecule has 0 saturated carbocycles. The Morgan fingerprint density at radius 3 is 0.773 bits per heavy atom. The number of alkyl halides is 6. The second-order valence-corrected chi connectivity index (χ2v) is 2.89. The molecule has 4 N–H and O–H groups in total. The summed E-state index contributed by atoms with van der Waals surface area (Å²) in [5.41, 5.74) is 0. The maximum atomic E-state index is 10.6. The van der Waals surface area contributed by atoms with Crippen LogP contribution in [0.5, 0.6) is 0 Å². The highest BCUT2D eigenvalue weighted by molar-refractivity contribution is 5.75. The van der Waals surface area contributed by atoms with Crippen LogP contribution in [0.2, 0.25) is 0 Å². The van der Waals surface area contributed by atoms with Crippen molar-refractivity contribution in [1.82, 2.24) is 0 Å². The highest BCUT2D eigenvalue weighted by Gasteiger charge is 2.38. The van der Waals surface area contributed by atoms with Crippen LogP contribution >= 0.6 is 0 Å². The van der Waals surface area contributed by atoms with Gasteiger partial charge in [-0.05, 0) is 0 Å². The van der Waals surface area contributed by atoms with Crippen molar-refractivity contribution in [2.45, 2.75) is 25.2 Å². The maximum Gasteiger partial charge on any atom is 0.490 e. The fourth-order valence-corrected chi connectivity index (χ4v) is 0.214. The van der Waals surface area contributed by atoms with Gasteiger partial charge >= 0.3 is 36.2 Å². The molecule has 0 spiro atoms. The first-order chi connectivity index (χ1) is 9.51. The van der Waals surface area contributed by atoms with Gasteiger partial charge in [-0.2, -0.15) is 26.3 Å². The molecule has 0 amide bonds. The monoisotopic (exact) mass is 346 g/mol. The molecule has 22 heavy (non-hydrogen) atoms. The minimum absolute atomic E-state index is 0.296. The summed E-state index contributed by atoms with van der Waals surface area (Å²) in [5, 5.41) is 30.0. The molecule has 8 nitrogen and oxygen atoms in total. The molecule has 14 heteroatoms. The molecule has 0 saturated heterocycles. The van der Waals surface area contributed by atoms with E-state index in [1.807, 2.05) is 0 Å². The standard InChI is InChI=1S/C4H6O4.2C2HF3O2/c5-3(6)1-2-4(7)8;2*3-2(4,5)1(6)7/h1-2H2,(H,5,6)(H,7,8);2*(H,6,7). The SMILES string of the molecule is O=C(O)C(F)(F)F.O=C(O)C(F)(F)F.O=C(O)CCC(=O)O. The lowest BCUT2D eigenvalue weighted by Crippen LogP contribution is -2.21. The molecule has 0 rings (SSSR count). The third-order valence-electron chi connectivity index (χ3n) is 1.04. The molecule has 0 aromatic rings. The van der Waals surface area contributed by atoms with Crippen LogP contribution in [0.15, 0.2) is 0 Å². The average molecular weight is 346 g/mol. The summed E-state index contributed by atoms with van der Waals surface area (Å²) in [5.74, 6) is -7.67. The van der Waals surface area contributed by atoms with Crippen molar-refractivity contribution in [2.24, 2.45) is 0 Å². The van der Waals surface area contributed by atoms with E-state index >= 15 is 0 Å². The van der Waals surface area contributed by atoms with Gasteiger partial charge in [0, 0.05) is 0 Å². The van der Waals surface area contributed by atoms with E-state index in [2.05, 4.69) is 0 Å². The Labute approximate surface area is 116 Å². The van der Waals surface area contributed by atoms with Gasteiger partial charge in [-0.3, -0.25) is 9.59 Å². The minimum Gasteiger partial charge on any atom is -0.481 e. The maximum absolute atomic E-state index is 10.6. The van der Waals surface area contributed by atoms with Crippen LogP contribution in [0, 0.1) is 0 Å². The second-order valence-electron chi connectivity index (χ2n) is 2.89. The molecule has 0 aromatic heterocycles. The zero-order valence-corrected chi connectivity index (χ0v) is 10.1. The summed E-state index contributed by atoms with van der Waals surface area (Å²) in [7, 11) is 0. The van der Waals surface area contributed by atoms with E-state index in [1.165, 1.54) is 0 Å². The molecule has 0 bridgehead atoms. The zero-order chi connectivity index (χ0) is 18.7. The van der Waals surface area contributed by atoms with Crippen LogP contribution in [0.25, 0.3) is 0 Å². The lowest BCUT2D eigenvalue weighted by atomic mass is 10.3. The summed E-state index contributed by atoms with van der Waals surface area (Å²) in [4.78, 5) is 37.1. The van der Waals surface area contributed by atoms with Gasteiger partial charge in [0.05, 0.1) is 12.8 Å². The van der Waals surface area contributed by atoms with E-state index < -0.39 is 36.2 Å². The number of carboxylic acid groups (broad SMARTS) is 4. The fraction of sp³-hybridized carbons (Fsp3) is 0.500. The lowest BCUT2D eigenvalue weighted by molar-refractivity contribution is -0.193. The van der Waals surface area contributed by atoms with Crippen LogP contribution in [0.4, 0.5) is 26.3 Å². The molecule has 0 aliphatic carbocycles. The normalized spacial score (nSPS) is 10.3. The zero-order valence-electron chi connectivity index (χ0n) is 10.1. The summed E-state index contributed by atoms with van der Waals surface area (Å²) >= 11 is 0. The lowest BCUT2D eigenvalue weighted by Gasteiger charge is -1.93. The number of hydrogen-bond acceptors (Lipinski definition) is 4. The van der Waals surface area contributed by atoms with E-state index in [4.69, 9.17) is 30.0 Å². The van der Waals surface area contributed by atoms with E-state index in [-0.39, 0.29) is 12.8 Å². The summed E-state index contributed by atoms with van der Waals surface area (Å²) < 4.78 is 63.5. The highest BCUT2D eigenvalue weighted by atomic mass is 19.4. The number of halogens is 6. The summed E-state index contributed by atoms with van der Waals surface area (Å²) in [6.07, 6.45) is -10.8. The molecular formula is C8H8F6O8. The molecule has 0 fully saturated rings. The van der Waals surface area contributed by atoms with Gasteiger partial charge < -0.3 is 20.4 Å². The predicted octanol–water partition coefficient (Wildman–Crippen LogP) is 1.20. The number of aliphatic carboxylic acids is 4. The number of rotatable bonds is 3. The molecule has 130 valence electrons. The van der Waals surface area contributed by atoms with Crippen LogP contribution in [0.1, 0.15) is 12.8 Å². The van der Waals surface area contributed by atoms with Crippen molar-refractivity contribution in [2.75, 3.05) is 0 Å². The van der Waals surface area contributed by atoms with Gasteiger partial charge in [0.2, 0.25) is 0 Å². The first-order valence-electron chi connectivity index (χ1n) is 4.55. The first kappa shape index (κ1) is 24.5. The Kier molecular flexibility index (Phi) is 11.4. The molecule has 0 radical (unpaired) electrons. The molecule has 0 aliphatic heterocycles. The topological polar surface area (TPSA) is 149 Å². The Bertz CT molecular complexity index is 360. The highest BCUT2D eigenvalue weighted by Crippen LogP contribution is 2.13. The van der Waals surface area contributed by atoms with Crippen molar-refractivity contribution in [1.29, 1.82) is 0 Å². The van der Waals surface area contributed by atoms with Crippen molar-refractivity contribution < 1.29 is 65.9 Å². The van der Waals surface area contributed by atoms with Gasteiger partial charge in [0.15, 0.2) is 0 Å². The Hall–Kier alpha value is -2.54. The van der Waals surface area contributed by atoms with E-state index in [9.17, 15) is 35.9 Å². The molecule has 0 atom stereocenters. The predicted molar refractivity (Wildman–Crippen MR) is 51.9 cm³/mol. The van der Waals surface area contributed by atoms with Crippen LogP contribution in [0.3, 0.4) is 0 Å². The van der Waals surface area contributed by atoms with Crippen LogP contribution < -0.4 is 0 Å². The second kappa shape index (κ2) is 10.2. The molecule has 0 aromatic carbocycles. The van der Waals surface area contributed by atoms with Crippen molar-refractivity contribution in [3.8, 4) is 0 Å². The number of hydrogen-bond donors (Lipinski definition) is 4. The smallest absolute Gasteiger partial charge is 0.481 e. The Balaban J connectivity index is -0.000000247. The summed E-state index contributed by atoms with van der Waals surface area (Å²) in [6, 6.07) is 0. The Morgan fingerprint density at radius 1 is 0.591 bits per heavy atom. The van der Waals surface area contributed by atoms with Gasteiger partial charge in [0.25, 0.3) is 0 Å². The fourth-order valence-electron chi connectivity index (χ4n) is 0.214. The molecule has 0 aliphatic rings. The van der Waals surface area contributed by atoms with Crippen LogP contribution in [-0.2, 0) is 19.2 Å². The average Bonchev–Trinajstić information content (AvgIpc) is 2.25. The molecule has 0 heterocycles. The van der Waals surface area contributed by atoms with Gasteiger partial charge in [-0.1, -0.05) is 0 Å². The quantitative estimate of drug-likeness (QED) is 0.557. The minimum atomic E-state index is -5.08. The van der Waals surface area contributed by atoms with E-state index in [1.54, 1.807) is 0 Å². The molecule has 0 unspecified atom stereocenters. The summed E-state index contributed by atoms with van der Waals surface area (Å²) in [6.45, 7) is 0. The van der Waals surface area contributed by atoms with Gasteiger partial charge in [-0.15, -0.1) is 0 Å². The third kappa shape index (κ3) is 22.6. The Morgan fingerprint density at radius 2 is 0.727 bits per heavy atom. The van der Waals surface area contributed by atoms with Crippen LogP contribution in [-0.4, -0.2) is 56.7 Å². The molecular weight excluding hydrogens is 338 g/mol. The van der Waals surface area contributed by atoms with Crippen molar-refractivity contribution >= 4 is 23.9 Å². The van der Waals surface area contributed by atoms with Crippen molar-refractivity contribution in [3.05, 3.63) is 0 Å². The number of carbonyl (C=O) groups is 4.